The van der Waals surface area contributed by atoms with Gasteiger partial charge in [0.1, 0.15) is 19.0 Å². The van der Waals surface area contributed by atoms with E-state index in [1.807, 2.05) is 125 Å². The van der Waals surface area contributed by atoms with Crippen LogP contribution in [0.2, 0.25) is 0 Å². The Morgan fingerprint density at radius 3 is 1.92 bits per heavy atom. The molecular formula is C57H67N6O6PS2. The fraction of sp³-hybridized carbons (Fsp3) is 0.404. The fourth-order valence-corrected chi connectivity index (χ4v) is 13.4. The summed E-state index contributed by atoms with van der Waals surface area (Å²) in [6.45, 7) is 12.0. The van der Waals surface area contributed by atoms with Gasteiger partial charge in [0.25, 0.3) is 11.8 Å². The maximum Gasteiger partial charge on any atom is 0.260 e. The van der Waals surface area contributed by atoms with Crippen LogP contribution in [0.3, 0.4) is 0 Å². The summed E-state index contributed by atoms with van der Waals surface area (Å²) in [7, 11) is 13.1. The molecule has 0 unspecified atom stereocenters. The number of aryl methyl sites for hydroxylation is 1. The van der Waals surface area contributed by atoms with Crippen LogP contribution >= 0.6 is 30.5 Å². The highest BCUT2D eigenvalue weighted by Crippen LogP contribution is 2.44. The van der Waals surface area contributed by atoms with Crippen LogP contribution in [0.25, 0.3) is 0 Å². The van der Waals surface area contributed by atoms with Crippen molar-refractivity contribution in [1.29, 1.82) is 0 Å². The SMILES string of the molecule is CCNCC(=P)CCCSSC(C)(C)CCC(=O)Nc1cc(COc2cc3c(cc2C)C(=O)N2c4ccccc4C[C@H]2CN3C)cc(COc2cc3c(cc2OC)C(=O)N2c4ccccc4C[C@H]2CN3C)c1. The van der Waals surface area contributed by atoms with E-state index in [0.717, 1.165) is 84.0 Å². The van der Waals surface area contributed by atoms with Crippen LogP contribution in [0.1, 0.15) is 95.0 Å². The summed E-state index contributed by atoms with van der Waals surface area (Å²) in [4.78, 5) is 50.4. The molecule has 0 spiro atoms. The zero-order valence-electron chi connectivity index (χ0n) is 42.6. The first-order valence-electron chi connectivity index (χ1n) is 25.1. The molecule has 0 aromatic heterocycles. The lowest BCUT2D eigenvalue weighted by Crippen LogP contribution is -2.41. The number of carbonyl (C=O) groups is 3. The highest BCUT2D eigenvalue weighted by Gasteiger charge is 2.41. The van der Waals surface area contributed by atoms with Crippen LogP contribution in [0.5, 0.6) is 17.2 Å². The highest BCUT2D eigenvalue weighted by molar-refractivity contribution is 8.77. The largest absolute Gasteiger partial charge is 0.493 e. The molecule has 0 radical (unpaired) electrons. The first kappa shape index (κ1) is 51.2. The minimum absolute atomic E-state index is 0.00137. The van der Waals surface area contributed by atoms with Crippen molar-refractivity contribution in [3.8, 4) is 17.2 Å². The summed E-state index contributed by atoms with van der Waals surface area (Å²) < 4.78 is 19.0. The lowest BCUT2D eigenvalue weighted by Gasteiger charge is -2.25. The molecule has 5 aromatic carbocycles. The Hall–Kier alpha value is -5.66. The number of amides is 3. The van der Waals surface area contributed by atoms with Crippen molar-refractivity contribution in [3.63, 3.8) is 0 Å². The molecule has 0 saturated heterocycles. The molecule has 12 nitrogen and oxygen atoms in total. The predicted molar refractivity (Wildman–Crippen MR) is 300 cm³/mol. The number of rotatable bonds is 20. The number of benzene rings is 5. The van der Waals surface area contributed by atoms with Gasteiger partial charge in [-0.1, -0.05) is 64.9 Å². The maximum atomic E-state index is 14.3. The van der Waals surface area contributed by atoms with Crippen molar-refractivity contribution in [2.45, 2.75) is 96.3 Å². The molecule has 0 saturated carbocycles. The fourth-order valence-electron chi connectivity index (χ4n) is 10.4. The van der Waals surface area contributed by atoms with Gasteiger partial charge in [0.15, 0.2) is 11.5 Å². The molecule has 3 amide bonds. The normalized spacial score (nSPS) is 16.8. The number of hydrogen-bond acceptors (Lipinski definition) is 11. The molecule has 5 aromatic rings. The van der Waals surface area contributed by atoms with Crippen molar-refractivity contribution in [2.24, 2.45) is 0 Å². The van der Waals surface area contributed by atoms with Crippen LogP contribution in [0.15, 0.2) is 91.0 Å². The van der Waals surface area contributed by atoms with Crippen molar-refractivity contribution in [1.82, 2.24) is 5.32 Å². The molecule has 15 heteroatoms. The van der Waals surface area contributed by atoms with E-state index >= 15 is 0 Å². The van der Waals surface area contributed by atoms with E-state index < -0.39 is 0 Å². The van der Waals surface area contributed by atoms with Gasteiger partial charge in [-0.05, 0) is 135 Å². The molecule has 0 bridgehead atoms. The number of methoxy groups -OCH3 is 1. The van der Waals surface area contributed by atoms with E-state index in [9.17, 15) is 14.4 Å². The van der Waals surface area contributed by atoms with E-state index in [2.05, 4.69) is 62.2 Å². The van der Waals surface area contributed by atoms with E-state index in [4.69, 9.17) is 14.2 Å². The van der Waals surface area contributed by atoms with E-state index in [1.165, 1.54) is 16.4 Å². The quantitative estimate of drug-likeness (QED) is 0.0441. The molecule has 378 valence electrons. The summed E-state index contributed by atoms with van der Waals surface area (Å²) in [5.74, 6) is 2.55. The van der Waals surface area contributed by atoms with Gasteiger partial charge in [-0.2, -0.15) is 0 Å². The third-order valence-electron chi connectivity index (χ3n) is 14.1. The van der Waals surface area contributed by atoms with Crippen LogP contribution in [0.4, 0.5) is 28.4 Å². The second-order valence-corrected chi connectivity index (χ2v) is 23.9. The van der Waals surface area contributed by atoms with Crippen molar-refractivity contribution in [2.75, 3.05) is 78.1 Å². The van der Waals surface area contributed by atoms with Gasteiger partial charge in [-0.25, -0.2) is 0 Å². The van der Waals surface area contributed by atoms with E-state index in [0.29, 0.717) is 60.0 Å². The standard InChI is InChI=1S/C57H67N6O6PS2/c1-8-58-31-44(70)16-13-21-71-72-57(3,4)20-19-54(64)59-41-24-37(34-68-51-29-49-45(22-36(51)2)55(65)62-42(32-60(49)5)26-39-14-9-11-17-47(39)62)23-38(25-41)35-69-53-30-50-46(28-52(53)67-7)56(66)63-43(33-61(50)6)27-40-15-10-12-18-48(40)63/h9-12,14-15,17-18,22-25,28-30,42-43,58,70H,8,13,16,19-21,26-27,31-35H2,1-7H3,(H,59,64)/t42-,43-/m0/s1. The Labute approximate surface area is 435 Å². The van der Waals surface area contributed by atoms with Crippen molar-refractivity contribution < 1.29 is 28.6 Å². The first-order valence-corrected chi connectivity index (χ1v) is 27.9. The Kier molecular flexibility index (Phi) is 15.8. The maximum absolute atomic E-state index is 14.3. The number of carbonyl (C=O) groups excluding carboxylic acids is 3. The molecule has 0 fully saturated rings. The molecule has 2 N–H and O–H groups in total. The lowest BCUT2D eigenvalue weighted by molar-refractivity contribution is -0.116. The average molecular weight is 1030 g/mol. The third-order valence-corrected chi connectivity index (χ3v) is 17.9. The number of para-hydroxylation sites is 2. The topological polar surface area (TPSA) is 116 Å². The Bertz CT molecular complexity index is 2880. The van der Waals surface area contributed by atoms with Gasteiger partial charge >= 0.3 is 0 Å². The number of hydrogen-bond donors (Lipinski definition) is 2. The smallest absolute Gasteiger partial charge is 0.260 e. The number of likely N-dealkylation sites (N-methyl/N-ethyl adjacent to an activating group) is 2. The molecule has 4 aliphatic rings. The van der Waals surface area contributed by atoms with E-state index in [1.54, 1.807) is 13.2 Å². The van der Waals surface area contributed by atoms with Gasteiger partial charge in [-0.15, -0.1) is 8.86 Å². The van der Waals surface area contributed by atoms with Crippen LogP contribution < -0.4 is 44.4 Å². The average Bonchev–Trinajstić information content (AvgIpc) is 3.87. The zero-order valence-corrected chi connectivity index (χ0v) is 45.2. The van der Waals surface area contributed by atoms with Crippen molar-refractivity contribution in [3.05, 3.63) is 130 Å². The second-order valence-electron chi connectivity index (χ2n) is 20.1. The Morgan fingerprint density at radius 2 is 1.32 bits per heavy atom. The van der Waals surface area contributed by atoms with Gasteiger partial charge in [-0.3, -0.25) is 14.4 Å². The summed E-state index contributed by atoms with van der Waals surface area (Å²) in [5.41, 5.74) is 10.3. The summed E-state index contributed by atoms with van der Waals surface area (Å²) in [5, 5.41) is 7.85. The van der Waals surface area contributed by atoms with Gasteiger partial charge < -0.3 is 44.4 Å². The zero-order chi connectivity index (χ0) is 50.7. The monoisotopic (exact) mass is 1030 g/mol. The number of nitrogens with zero attached hydrogens (tertiary/aromatic N) is 4. The van der Waals surface area contributed by atoms with E-state index in [-0.39, 0.29) is 47.8 Å². The number of anilines is 5. The number of fused-ring (bicyclic) bond motifs is 8. The molecule has 9 rings (SSSR count). The summed E-state index contributed by atoms with van der Waals surface area (Å²) in [6, 6.07) is 29.9. The minimum Gasteiger partial charge on any atom is -0.493 e. The second kappa shape index (κ2) is 22.2. The molecule has 0 aliphatic carbocycles. The summed E-state index contributed by atoms with van der Waals surface area (Å²) >= 11 is 0. The highest BCUT2D eigenvalue weighted by atomic mass is 33.1. The lowest BCUT2D eigenvalue weighted by atomic mass is 10.1. The molecule has 2 atom stereocenters. The molecule has 4 aliphatic heterocycles. The summed E-state index contributed by atoms with van der Waals surface area (Å²) in [6.07, 6.45) is 4.81. The predicted octanol–water partition coefficient (Wildman–Crippen LogP) is 10.8. The third kappa shape index (κ3) is 11.3. The number of ether oxygens (including phenoxy) is 3. The Balaban J connectivity index is 0.925. The molecule has 4 heterocycles. The van der Waals surface area contributed by atoms with Crippen LogP contribution in [-0.4, -0.2) is 93.0 Å². The minimum atomic E-state index is -0.0989. The van der Waals surface area contributed by atoms with Crippen LogP contribution in [0, 0.1) is 6.92 Å². The van der Waals surface area contributed by atoms with Crippen LogP contribution in [-0.2, 0) is 30.8 Å². The molecular weight excluding hydrogens is 960 g/mol. The van der Waals surface area contributed by atoms with Crippen molar-refractivity contribution >= 4 is 81.9 Å². The molecule has 72 heavy (non-hydrogen) atoms. The first-order chi connectivity index (χ1) is 34.7. The number of nitrogens with one attached hydrogen (secondary N) is 2. The van der Waals surface area contributed by atoms with Gasteiger partial charge in [0.05, 0.1) is 41.7 Å². The Morgan fingerprint density at radius 1 is 0.750 bits per heavy atom. The van der Waals surface area contributed by atoms with Gasteiger partial charge in [0, 0.05) is 79.8 Å². The van der Waals surface area contributed by atoms with Gasteiger partial charge in [0.2, 0.25) is 5.91 Å².